The molecule has 4 nitrogen and oxygen atoms in total. The van der Waals surface area contributed by atoms with Crippen LogP contribution in [0.4, 0.5) is 0 Å². The number of likely N-dealkylation sites (N-methyl/N-ethyl adjacent to an activating group) is 1. The van der Waals surface area contributed by atoms with Crippen molar-refractivity contribution in [1.29, 1.82) is 0 Å². The van der Waals surface area contributed by atoms with Crippen molar-refractivity contribution in [2.75, 3.05) is 19.6 Å². The van der Waals surface area contributed by atoms with Gasteiger partial charge in [0.2, 0.25) is 5.91 Å². The van der Waals surface area contributed by atoms with E-state index in [0.717, 1.165) is 47.0 Å². The Morgan fingerprint density at radius 3 is 2.59 bits per heavy atom. The molecule has 0 saturated heterocycles. The third-order valence-electron chi connectivity index (χ3n) is 5.14. The summed E-state index contributed by atoms with van der Waals surface area (Å²) >= 11 is 8.14. The second kappa shape index (κ2) is 10.7. The highest BCUT2D eigenvalue weighted by atomic mass is 35.5. The van der Waals surface area contributed by atoms with E-state index >= 15 is 0 Å². The minimum absolute atomic E-state index is 0.0758. The highest BCUT2D eigenvalue weighted by Crippen LogP contribution is 2.27. The lowest BCUT2D eigenvalue weighted by molar-refractivity contribution is -0.121. The largest absolute Gasteiger partial charge is 0.354 e. The molecule has 2 aromatic carbocycles. The van der Waals surface area contributed by atoms with Crippen LogP contribution in [0, 0.1) is 0 Å². The molecule has 0 spiro atoms. The minimum Gasteiger partial charge on any atom is -0.354 e. The molecule has 3 aromatic rings. The van der Waals surface area contributed by atoms with Gasteiger partial charge in [-0.15, -0.1) is 11.3 Å². The maximum absolute atomic E-state index is 12.4. The number of carbonyl (C=O) groups excluding carboxylic acids is 1. The summed E-state index contributed by atoms with van der Waals surface area (Å²) in [4.78, 5) is 19.4. The fourth-order valence-corrected chi connectivity index (χ4v) is 4.84. The van der Waals surface area contributed by atoms with Crippen molar-refractivity contribution in [2.45, 2.75) is 39.2 Å². The number of amides is 1. The Bertz CT molecular complexity index is 906. The van der Waals surface area contributed by atoms with Gasteiger partial charge in [-0.05, 0) is 49.7 Å². The standard InChI is InChI=1S/C23H28ClN3OS/c1-3-27(4-2)20(17-10-5-6-11-18(17)24)16-25-22(28)14-9-15-23-26-19-12-7-8-13-21(19)29-23/h5-8,10-13,20H,3-4,9,14-16H2,1-2H3,(H,25,28). The van der Waals surface area contributed by atoms with Gasteiger partial charge >= 0.3 is 0 Å². The van der Waals surface area contributed by atoms with E-state index in [0.29, 0.717) is 13.0 Å². The molecule has 0 saturated carbocycles. The van der Waals surface area contributed by atoms with Crippen molar-refractivity contribution >= 4 is 39.1 Å². The second-order valence-electron chi connectivity index (χ2n) is 6.99. The number of hydrogen-bond donors (Lipinski definition) is 1. The molecule has 3 rings (SSSR count). The van der Waals surface area contributed by atoms with Gasteiger partial charge in [0.1, 0.15) is 0 Å². The Morgan fingerprint density at radius 2 is 1.86 bits per heavy atom. The van der Waals surface area contributed by atoms with E-state index < -0.39 is 0 Å². The van der Waals surface area contributed by atoms with Gasteiger partial charge in [0, 0.05) is 18.0 Å². The predicted molar refractivity (Wildman–Crippen MR) is 123 cm³/mol. The highest BCUT2D eigenvalue weighted by Gasteiger charge is 2.21. The van der Waals surface area contributed by atoms with E-state index in [9.17, 15) is 4.79 Å². The van der Waals surface area contributed by atoms with Gasteiger partial charge in [0.05, 0.1) is 21.3 Å². The lowest BCUT2D eigenvalue weighted by atomic mass is 10.0. The van der Waals surface area contributed by atoms with Crippen molar-refractivity contribution in [2.24, 2.45) is 0 Å². The van der Waals surface area contributed by atoms with Crippen molar-refractivity contribution in [3.8, 4) is 0 Å². The Morgan fingerprint density at radius 1 is 1.14 bits per heavy atom. The van der Waals surface area contributed by atoms with Crippen molar-refractivity contribution in [1.82, 2.24) is 15.2 Å². The molecule has 0 bridgehead atoms. The molecule has 1 amide bonds. The van der Waals surface area contributed by atoms with Gasteiger partial charge in [-0.25, -0.2) is 4.98 Å². The highest BCUT2D eigenvalue weighted by molar-refractivity contribution is 7.18. The fourth-order valence-electron chi connectivity index (χ4n) is 3.57. The smallest absolute Gasteiger partial charge is 0.220 e. The molecule has 0 aliphatic heterocycles. The molecule has 1 unspecified atom stereocenters. The lowest BCUT2D eigenvalue weighted by Gasteiger charge is -2.31. The number of benzene rings is 2. The van der Waals surface area contributed by atoms with Crippen LogP contribution in [0.5, 0.6) is 0 Å². The molecule has 1 N–H and O–H groups in total. The molecular formula is C23H28ClN3OS. The topological polar surface area (TPSA) is 45.2 Å². The maximum Gasteiger partial charge on any atom is 0.220 e. The summed E-state index contributed by atoms with van der Waals surface area (Å²) < 4.78 is 1.20. The zero-order chi connectivity index (χ0) is 20.6. The third kappa shape index (κ3) is 5.78. The SMILES string of the molecule is CCN(CC)C(CNC(=O)CCCc1nc2ccccc2s1)c1ccccc1Cl. The van der Waals surface area contributed by atoms with E-state index in [1.165, 1.54) is 4.70 Å². The Kier molecular flexibility index (Phi) is 8.04. The Labute approximate surface area is 181 Å². The van der Waals surface area contributed by atoms with Crippen LogP contribution in [0.1, 0.15) is 43.3 Å². The van der Waals surface area contributed by atoms with Crippen LogP contribution in [0.2, 0.25) is 5.02 Å². The van der Waals surface area contributed by atoms with E-state index in [1.807, 2.05) is 42.5 Å². The monoisotopic (exact) mass is 429 g/mol. The zero-order valence-electron chi connectivity index (χ0n) is 17.0. The van der Waals surface area contributed by atoms with Gasteiger partial charge in [0.25, 0.3) is 0 Å². The number of nitrogens with one attached hydrogen (secondary N) is 1. The number of fused-ring (bicyclic) bond motifs is 1. The summed E-state index contributed by atoms with van der Waals surface area (Å²) in [5.41, 5.74) is 2.10. The number of aryl methyl sites for hydroxylation is 1. The van der Waals surface area contributed by atoms with Crippen molar-refractivity contribution < 1.29 is 4.79 Å². The zero-order valence-corrected chi connectivity index (χ0v) is 18.6. The summed E-state index contributed by atoms with van der Waals surface area (Å²) in [7, 11) is 0. The van der Waals surface area contributed by atoms with Gasteiger partial charge < -0.3 is 5.32 Å². The van der Waals surface area contributed by atoms with E-state index in [1.54, 1.807) is 11.3 Å². The quantitative estimate of drug-likeness (QED) is 0.464. The second-order valence-corrected chi connectivity index (χ2v) is 8.51. The van der Waals surface area contributed by atoms with Crippen molar-refractivity contribution in [3.63, 3.8) is 0 Å². The molecule has 6 heteroatoms. The normalized spacial score (nSPS) is 12.4. The average molecular weight is 430 g/mol. The molecular weight excluding hydrogens is 402 g/mol. The Hall–Kier alpha value is -1.95. The van der Waals surface area contributed by atoms with Crippen LogP contribution in [-0.4, -0.2) is 35.4 Å². The fraction of sp³-hybridized carbons (Fsp3) is 0.391. The molecule has 29 heavy (non-hydrogen) atoms. The maximum atomic E-state index is 12.4. The number of rotatable bonds is 10. The van der Waals surface area contributed by atoms with Gasteiger partial charge in [-0.3, -0.25) is 9.69 Å². The first-order valence-corrected chi connectivity index (χ1v) is 11.4. The molecule has 154 valence electrons. The van der Waals surface area contributed by atoms with Crippen LogP contribution < -0.4 is 5.32 Å². The number of thiazole rings is 1. The van der Waals surface area contributed by atoms with E-state index in [-0.39, 0.29) is 11.9 Å². The summed E-state index contributed by atoms with van der Waals surface area (Å²) in [5.74, 6) is 0.0790. The molecule has 0 aliphatic rings. The number of aromatic nitrogens is 1. The van der Waals surface area contributed by atoms with Crippen LogP contribution in [0.15, 0.2) is 48.5 Å². The minimum atomic E-state index is 0.0758. The van der Waals surface area contributed by atoms with Crippen LogP contribution in [0.25, 0.3) is 10.2 Å². The molecule has 1 heterocycles. The summed E-state index contributed by atoms with van der Waals surface area (Å²) in [6.07, 6.45) is 2.13. The van der Waals surface area contributed by atoms with Gasteiger partial charge in [0.15, 0.2) is 0 Å². The summed E-state index contributed by atoms with van der Waals surface area (Å²) in [6, 6.07) is 16.1. The van der Waals surface area contributed by atoms with Crippen LogP contribution in [0.3, 0.4) is 0 Å². The van der Waals surface area contributed by atoms with Crippen molar-refractivity contribution in [3.05, 3.63) is 64.1 Å². The summed E-state index contributed by atoms with van der Waals surface area (Å²) in [6.45, 7) is 6.63. The summed E-state index contributed by atoms with van der Waals surface area (Å²) in [5, 5.41) is 4.95. The predicted octanol–water partition coefficient (Wildman–Crippen LogP) is 5.47. The molecule has 1 atom stereocenters. The molecule has 1 aromatic heterocycles. The number of para-hydroxylation sites is 1. The first-order valence-electron chi connectivity index (χ1n) is 10.2. The number of carbonyl (C=O) groups is 1. The number of hydrogen-bond acceptors (Lipinski definition) is 4. The lowest BCUT2D eigenvalue weighted by Crippen LogP contribution is -2.38. The first kappa shape index (κ1) is 21.8. The van der Waals surface area contributed by atoms with Gasteiger partial charge in [-0.2, -0.15) is 0 Å². The number of nitrogens with zero attached hydrogens (tertiary/aromatic N) is 2. The Balaban J connectivity index is 1.53. The van der Waals surface area contributed by atoms with E-state index in [2.05, 4.69) is 35.1 Å². The average Bonchev–Trinajstić information content (AvgIpc) is 3.14. The molecule has 0 radical (unpaired) electrons. The van der Waals surface area contributed by atoms with E-state index in [4.69, 9.17) is 11.6 Å². The first-order chi connectivity index (χ1) is 14.1. The molecule has 0 fully saturated rings. The molecule has 0 aliphatic carbocycles. The van der Waals surface area contributed by atoms with Crippen LogP contribution in [-0.2, 0) is 11.2 Å². The van der Waals surface area contributed by atoms with Gasteiger partial charge in [-0.1, -0.05) is 55.8 Å². The van der Waals surface area contributed by atoms with Crippen LogP contribution >= 0.6 is 22.9 Å². The third-order valence-corrected chi connectivity index (χ3v) is 6.58. The number of halogens is 1.